The summed E-state index contributed by atoms with van der Waals surface area (Å²) in [5.74, 6) is -1.13. The minimum absolute atomic E-state index is 0.0663. The van der Waals surface area contributed by atoms with E-state index in [0.29, 0.717) is 91.9 Å². The Bertz CT molecular complexity index is 1270. The number of esters is 2. The second kappa shape index (κ2) is 27.6. The monoisotopic (exact) mass is 784 g/mol. The summed E-state index contributed by atoms with van der Waals surface area (Å²) in [5, 5.41) is 5.77. The smallest absolute Gasteiger partial charge is 0.328 e. The third kappa shape index (κ3) is 20.8. The molecule has 2 amide bonds. The molecule has 0 spiro atoms. The van der Waals surface area contributed by atoms with Gasteiger partial charge < -0.3 is 39.1 Å². The zero-order valence-electron chi connectivity index (χ0n) is 33.8. The summed E-state index contributed by atoms with van der Waals surface area (Å²) >= 11 is 0. The van der Waals surface area contributed by atoms with Gasteiger partial charge >= 0.3 is 11.9 Å². The van der Waals surface area contributed by atoms with Crippen LogP contribution in [-0.4, -0.2) is 138 Å². The van der Waals surface area contributed by atoms with Gasteiger partial charge in [-0.3, -0.25) is 19.4 Å². The van der Waals surface area contributed by atoms with Gasteiger partial charge in [-0.15, -0.1) is 0 Å². The lowest BCUT2D eigenvalue weighted by Gasteiger charge is -2.25. The maximum atomic E-state index is 13.2. The van der Waals surface area contributed by atoms with E-state index in [2.05, 4.69) is 10.6 Å². The fourth-order valence-corrected chi connectivity index (χ4v) is 5.87. The van der Waals surface area contributed by atoms with Gasteiger partial charge in [-0.2, -0.15) is 0 Å². The lowest BCUT2D eigenvalue weighted by Crippen LogP contribution is -2.48. The number of carbonyl (C=O) groups is 4. The molecule has 0 bridgehead atoms. The van der Waals surface area contributed by atoms with E-state index in [4.69, 9.17) is 28.4 Å². The molecule has 3 rings (SSSR count). The van der Waals surface area contributed by atoms with Gasteiger partial charge in [0.15, 0.2) is 0 Å². The number of hydrogen-bond acceptors (Lipinski definition) is 12. The summed E-state index contributed by atoms with van der Waals surface area (Å²) in [5.41, 5.74) is 1.76. The molecule has 0 aliphatic carbocycles. The topological polar surface area (TPSA) is 154 Å². The van der Waals surface area contributed by atoms with Crippen LogP contribution in [-0.2, 0) is 60.8 Å². The Labute approximate surface area is 332 Å². The first-order valence-corrected chi connectivity index (χ1v) is 19.8. The molecule has 0 radical (unpaired) electrons. The Morgan fingerprint density at radius 3 is 1.16 bits per heavy atom. The van der Waals surface area contributed by atoms with Crippen LogP contribution in [0.15, 0.2) is 60.7 Å². The SMILES string of the molecule is CC(C)C[C@H](NC(=O)CN1CCOCCOCCN(CC(=O)N[C@H](CC(C)C)C(=O)OCc2ccccc2)CCOCCOCC1)C(=O)OCc1ccccc1. The number of rotatable bonds is 16. The van der Waals surface area contributed by atoms with Crippen molar-refractivity contribution in [2.45, 2.75) is 65.8 Å². The fraction of sp³-hybridized carbons (Fsp3) is 0.619. The Morgan fingerprint density at radius 2 is 0.857 bits per heavy atom. The van der Waals surface area contributed by atoms with Crippen LogP contribution in [0.5, 0.6) is 0 Å². The Kier molecular flexibility index (Phi) is 22.9. The van der Waals surface area contributed by atoms with Gasteiger partial charge in [-0.25, -0.2) is 9.59 Å². The largest absolute Gasteiger partial charge is 0.459 e. The average Bonchev–Trinajstić information content (AvgIpc) is 3.17. The zero-order chi connectivity index (χ0) is 40.4. The van der Waals surface area contributed by atoms with Crippen molar-refractivity contribution in [2.75, 3.05) is 92.1 Å². The minimum atomic E-state index is -0.755. The maximum Gasteiger partial charge on any atom is 0.328 e. The van der Waals surface area contributed by atoms with E-state index in [1.54, 1.807) is 0 Å². The van der Waals surface area contributed by atoms with E-state index >= 15 is 0 Å². The molecule has 2 aromatic carbocycles. The molecule has 1 aliphatic heterocycles. The standard InChI is InChI=1S/C42H64N4O10/c1-33(2)27-37(41(49)55-31-35-11-7-5-8-12-35)43-39(47)29-45-15-19-51-23-25-53-21-17-46(18-22-54-26-24-52-20-16-45)30-40(48)44-38(28-34(3)4)42(50)56-32-36-13-9-6-10-14-36/h5-14,33-34,37-38H,15-32H2,1-4H3,(H,43,47)(H,44,48)/t37-,38+. The third-order valence-electron chi connectivity index (χ3n) is 8.79. The van der Waals surface area contributed by atoms with Gasteiger partial charge in [0.05, 0.1) is 65.9 Å². The number of benzene rings is 2. The number of amides is 2. The van der Waals surface area contributed by atoms with Crippen LogP contribution in [0.1, 0.15) is 51.7 Å². The molecule has 1 aliphatic rings. The Balaban J connectivity index is 1.45. The lowest BCUT2D eigenvalue weighted by atomic mass is 10.0. The molecule has 14 heteroatoms. The molecular formula is C42H64N4O10. The van der Waals surface area contributed by atoms with E-state index in [9.17, 15) is 19.2 Å². The van der Waals surface area contributed by atoms with Crippen LogP contribution in [0, 0.1) is 11.8 Å². The summed E-state index contributed by atoms with van der Waals surface area (Å²) in [4.78, 5) is 56.1. The summed E-state index contributed by atoms with van der Waals surface area (Å²) in [6.07, 6.45) is 0.919. The summed E-state index contributed by atoms with van der Waals surface area (Å²) in [7, 11) is 0. The van der Waals surface area contributed by atoms with Crippen molar-refractivity contribution in [3.63, 3.8) is 0 Å². The van der Waals surface area contributed by atoms with Crippen molar-refractivity contribution >= 4 is 23.8 Å². The number of nitrogens with one attached hydrogen (secondary N) is 2. The van der Waals surface area contributed by atoms with Gasteiger partial charge in [0.2, 0.25) is 11.8 Å². The molecule has 1 saturated heterocycles. The van der Waals surface area contributed by atoms with E-state index in [1.165, 1.54) is 0 Å². The van der Waals surface area contributed by atoms with Gasteiger partial charge in [-0.1, -0.05) is 88.4 Å². The lowest BCUT2D eigenvalue weighted by molar-refractivity contribution is -0.150. The van der Waals surface area contributed by atoms with E-state index in [0.717, 1.165) is 11.1 Å². The molecule has 1 heterocycles. The molecule has 0 unspecified atom stereocenters. The molecule has 0 saturated carbocycles. The molecule has 1 fully saturated rings. The van der Waals surface area contributed by atoms with Gasteiger partial charge in [0.25, 0.3) is 0 Å². The normalized spacial score (nSPS) is 17.2. The number of ether oxygens (including phenoxy) is 6. The maximum absolute atomic E-state index is 13.2. The van der Waals surface area contributed by atoms with Gasteiger partial charge in [0.1, 0.15) is 25.3 Å². The van der Waals surface area contributed by atoms with Crippen LogP contribution in [0.4, 0.5) is 0 Å². The summed E-state index contributed by atoms with van der Waals surface area (Å²) < 4.78 is 34.4. The quantitative estimate of drug-likeness (QED) is 0.241. The van der Waals surface area contributed by atoms with Crippen molar-refractivity contribution < 1.29 is 47.6 Å². The predicted octanol–water partition coefficient (Wildman–Crippen LogP) is 3.22. The van der Waals surface area contributed by atoms with Crippen molar-refractivity contribution in [2.24, 2.45) is 11.8 Å². The van der Waals surface area contributed by atoms with E-state index in [1.807, 2.05) is 98.2 Å². The highest BCUT2D eigenvalue weighted by Crippen LogP contribution is 2.11. The second-order valence-corrected chi connectivity index (χ2v) is 14.7. The van der Waals surface area contributed by atoms with Crippen molar-refractivity contribution in [1.29, 1.82) is 0 Å². The zero-order valence-corrected chi connectivity index (χ0v) is 33.8. The molecule has 2 N–H and O–H groups in total. The Morgan fingerprint density at radius 1 is 0.536 bits per heavy atom. The Hall–Kier alpha value is -3.92. The number of hydrogen-bond donors (Lipinski definition) is 2. The van der Waals surface area contributed by atoms with Crippen molar-refractivity contribution in [3.05, 3.63) is 71.8 Å². The molecule has 0 aromatic heterocycles. The minimum Gasteiger partial charge on any atom is -0.459 e. The van der Waals surface area contributed by atoms with Crippen LogP contribution < -0.4 is 10.6 Å². The van der Waals surface area contributed by atoms with Crippen LogP contribution in [0.2, 0.25) is 0 Å². The van der Waals surface area contributed by atoms with Crippen molar-refractivity contribution in [3.8, 4) is 0 Å². The van der Waals surface area contributed by atoms with Crippen molar-refractivity contribution in [1.82, 2.24) is 20.4 Å². The highest BCUT2D eigenvalue weighted by Gasteiger charge is 2.26. The molecule has 2 atom stereocenters. The summed E-state index contributed by atoms with van der Waals surface area (Å²) in [6, 6.07) is 17.4. The molecule has 56 heavy (non-hydrogen) atoms. The fourth-order valence-electron chi connectivity index (χ4n) is 5.87. The number of nitrogens with zero attached hydrogens (tertiary/aromatic N) is 2. The third-order valence-corrected chi connectivity index (χ3v) is 8.79. The van der Waals surface area contributed by atoms with E-state index in [-0.39, 0.29) is 50.0 Å². The molecule has 2 aromatic rings. The highest BCUT2D eigenvalue weighted by atomic mass is 16.5. The first kappa shape index (κ1) is 46.5. The molecule has 312 valence electrons. The predicted molar refractivity (Wildman–Crippen MR) is 211 cm³/mol. The van der Waals surface area contributed by atoms with Gasteiger partial charge in [-0.05, 0) is 35.8 Å². The van der Waals surface area contributed by atoms with E-state index < -0.39 is 24.0 Å². The summed E-state index contributed by atoms with van der Waals surface area (Å²) in [6.45, 7) is 13.2. The number of carbonyl (C=O) groups excluding carboxylic acids is 4. The molecule has 14 nitrogen and oxygen atoms in total. The van der Waals surface area contributed by atoms with Crippen LogP contribution in [0.3, 0.4) is 0 Å². The van der Waals surface area contributed by atoms with Gasteiger partial charge in [0, 0.05) is 26.2 Å². The molecular weight excluding hydrogens is 720 g/mol. The average molecular weight is 785 g/mol. The first-order valence-electron chi connectivity index (χ1n) is 19.8. The van der Waals surface area contributed by atoms with Crippen LogP contribution in [0.25, 0.3) is 0 Å². The second-order valence-electron chi connectivity index (χ2n) is 14.7. The van der Waals surface area contributed by atoms with Crippen LogP contribution >= 0.6 is 0 Å². The highest BCUT2D eigenvalue weighted by molar-refractivity contribution is 5.86. The first-order chi connectivity index (χ1) is 27.1.